The highest BCUT2D eigenvalue weighted by atomic mass is 19.1. The average Bonchev–Trinajstić information content (AvgIpc) is 2.23. The van der Waals surface area contributed by atoms with E-state index in [4.69, 9.17) is 5.11 Å². The molecular formula is C14H18FNO2. The van der Waals surface area contributed by atoms with E-state index < -0.39 is 5.82 Å². The van der Waals surface area contributed by atoms with Gasteiger partial charge in [0.1, 0.15) is 5.82 Å². The van der Waals surface area contributed by atoms with Crippen molar-refractivity contribution in [2.45, 2.75) is 32.2 Å². The Balaban J connectivity index is 2.21. The normalized spacial score (nSPS) is 15.3. The first kappa shape index (κ1) is 13.0. The maximum Gasteiger partial charge on any atom is 0.254 e. The summed E-state index contributed by atoms with van der Waals surface area (Å²) in [6.45, 7) is 2.02. The summed E-state index contributed by atoms with van der Waals surface area (Å²) in [7, 11) is 0. The number of hydrogen-bond donors (Lipinski definition) is 1. The second kappa shape index (κ2) is 5.48. The Labute approximate surface area is 106 Å². The van der Waals surface area contributed by atoms with Crippen molar-refractivity contribution < 1.29 is 14.3 Å². The van der Waals surface area contributed by atoms with Crippen LogP contribution >= 0.6 is 0 Å². The van der Waals surface area contributed by atoms with E-state index in [0.717, 1.165) is 24.8 Å². The van der Waals surface area contributed by atoms with E-state index in [9.17, 15) is 9.18 Å². The number of aliphatic hydroxyl groups is 1. The second-order valence-corrected chi connectivity index (χ2v) is 4.82. The Morgan fingerprint density at radius 2 is 2.17 bits per heavy atom. The molecule has 0 atom stereocenters. The van der Waals surface area contributed by atoms with Crippen LogP contribution in [-0.4, -0.2) is 35.1 Å². The summed E-state index contributed by atoms with van der Waals surface area (Å²) >= 11 is 0. The number of nitrogens with zero attached hydrogens (tertiary/aromatic N) is 1. The van der Waals surface area contributed by atoms with Crippen molar-refractivity contribution in [3.8, 4) is 0 Å². The minimum Gasteiger partial charge on any atom is -0.395 e. The van der Waals surface area contributed by atoms with Crippen LogP contribution in [-0.2, 0) is 0 Å². The van der Waals surface area contributed by atoms with Crippen LogP contribution < -0.4 is 0 Å². The fourth-order valence-electron chi connectivity index (χ4n) is 2.28. The fraction of sp³-hybridized carbons (Fsp3) is 0.500. The number of amides is 1. The summed E-state index contributed by atoms with van der Waals surface area (Å²) in [4.78, 5) is 14.0. The molecule has 0 bridgehead atoms. The molecule has 0 spiro atoms. The molecule has 0 aromatic heterocycles. The van der Waals surface area contributed by atoms with E-state index in [1.165, 1.54) is 12.1 Å². The molecule has 3 nitrogen and oxygen atoms in total. The van der Waals surface area contributed by atoms with Crippen molar-refractivity contribution in [2.75, 3.05) is 13.2 Å². The largest absolute Gasteiger partial charge is 0.395 e. The lowest BCUT2D eigenvalue weighted by molar-refractivity contribution is 0.0525. The number of aryl methyl sites for hydroxylation is 1. The number of hydrogen-bond acceptors (Lipinski definition) is 2. The van der Waals surface area contributed by atoms with Crippen LogP contribution in [0, 0.1) is 12.7 Å². The molecule has 1 aliphatic carbocycles. The van der Waals surface area contributed by atoms with Crippen LogP contribution in [0.5, 0.6) is 0 Å². The molecule has 18 heavy (non-hydrogen) atoms. The third kappa shape index (κ3) is 2.70. The lowest BCUT2D eigenvalue weighted by Crippen LogP contribution is -2.45. The Morgan fingerprint density at radius 3 is 2.67 bits per heavy atom. The number of halogens is 1. The molecular weight excluding hydrogens is 233 g/mol. The zero-order valence-electron chi connectivity index (χ0n) is 10.5. The van der Waals surface area contributed by atoms with Gasteiger partial charge in [-0.15, -0.1) is 0 Å². The van der Waals surface area contributed by atoms with E-state index in [2.05, 4.69) is 0 Å². The van der Waals surface area contributed by atoms with E-state index in [0.29, 0.717) is 12.1 Å². The van der Waals surface area contributed by atoms with Crippen LogP contribution in [0.1, 0.15) is 35.2 Å². The molecule has 1 saturated carbocycles. The smallest absolute Gasteiger partial charge is 0.254 e. The van der Waals surface area contributed by atoms with Crippen LogP contribution in [0.15, 0.2) is 18.2 Å². The molecule has 0 unspecified atom stereocenters. The second-order valence-electron chi connectivity index (χ2n) is 4.82. The quantitative estimate of drug-likeness (QED) is 0.890. The molecule has 1 N–H and O–H groups in total. The number of carbonyl (C=O) groups excluding carboxylic acids is 1. The molecule has 0 aliphatic heterocycles. The van der Waals surface area contributed by atoms with Crippen molar-refractivity contribution in [1.29, 1.82) is 0 Å². The first-order chi connectivity index (χ1) is 8.61. The Morgan fingerprint density at radius 1 is 1.44 bits per heavy atom. The predicted octanol–water partition coefficient (Wildman–Crippen LogP) is 2.12. The van der Waals surface area contributed by atoms with E-state index in [-0.39, 0.29) is 18.6 Å². The van der Waals surface area contributed by atoms with Gasteiger partial charge >= 0.3 is 0 Å². The van der Waals surface area contributed by atoms with E-state index in [1.807, 2.05) is 0 Å². The van der Waals surface area contributed by atoms with Crippen molar-refractivity contribution in [3.63, 3.8) is 0 Å². The van der Waals surface area contributed by atoms with Crippen molar-refractivity contribution in [1.82, 2.24) is 4.90 Å². The van der Waals surface area contributed by atoms with Gasteiger partial charge in [0.15, 0.2) is 0 Å². The van der Waals surface area contributed by atoms with Gasteiger partial charge in [-0.1, -0.05) is 0 Å². The molecule has 1 fully saturated rings. The highest BCUT2D eigenvalue weighted by Crippen LogP contribution is 2.26. The van der Waals surface area contributed by atoms with Gasteiger partial charge in [-0.05, 0) is 49.9 Å². The van der Waals surface area contributed by atoms with Gasteiger partial charge in [-0.2, -0.15) is 0 Å². The third-order valence-corrected chi connectivity index (χ3v) is 3.41. The van der Waals surface area contributed by atoms with Crippen LogP contribution in [0.25, 0.3) is 0 Å². The SMILES string of the molecule is Cc1cc(F)cc(C(=O)N(CCO)C2CCC2)c1. The summed E-state index contributed by atoms with van der Waals surface area (Å²) in [5.74, 6) is -0.577. The molecule has 1 aliphatic rings. The highest BCUT2D eigenvalue weighted by Gasteiger charge is 2.29. The van der Waals surface area contributed by atoms with Crippen LogP contribution in [0.4, 0.5) is 4.39 Å². The Kier molecular flexibility index (Phi) is 3.97. The summed E-state index contributed by atoms with van der Waals surface area (Å²) < 4.78 is 13.3. The van der Waals surface area contributed by atoms with Crippen molar-refractivity contribution >= 4 is 5.91 Å². The van der Waals surface area contributed by atoms with Gasteiger partial charge in [0.25, 0.3) is 5.91 Å². The van der Waals surface area contributed by atoms with Gasteiger partial charge < -0.3 is 10.0 Å². The first-order valence-corrected chi connectivity index (χ1v) is 6.31. The summed E-state index contributed by atoms with van der Waals surface area (Å²) in [6.07, 6.45) is 3.06. The molecule has 0 radical (unpaired) electrons. The van der Waals surface area contributed by atoms with Gasteiger partial charge in [-0.3, -0.25) is 4.79 Å². The topological polar surface area (TPSA) is 40.5 Å². The third-order valence-electron chi connectivity index (χ3n) is 3.41. The number of benzene rings is 1. The van der Waals surface area contributed by atoms with Gasteiger partial charge in [0.2, 0.25) is 0 Å². The minimum atomic E-state index is -0.393. The molecule has 2 rings (SSSR count). The average molecular weight is 251 g/mol. The molecule has 98 valence electrons. The summed E-state index contributed by atoms with van der Waals surface area (Å²) in [5.41, 5.74) is 1.10. The van der Waals surface area contributed by atoms with E-state index >= 15 is 0 Å². The van der Waals surface area contributed by atoms with Crippen LogP contribution in [0.3, 0.4) is 0 Å². The van der Waals surface area contributed by atoms with E-state index in [1.54, 1.807) is 17.9 Å². The number of aliphatic hydroxyl groups excluding tert-OH is 1. The zero-order valence-corrected chi connectivity index (χ0v) is 10.5. The van der Waals surface area contributed by atoms with Gasteiger partial charge in [0.05, 0.1) is 6.61 Å². The summed E-state index contributed by atoms with van der Waals surface area (Å²) in [6, 6.07) is 4.55. The number of carbonyl (C=O) groups is 1. The van der Waals surface area contributed by atoms with Gasteiger partial charge in [0, 0.05) is 18.2 Å². The predicted molar refractivity (Wildman–Crippen MR) is 66.9 cm³/mol. The molecule has 1 aromatic rings. The molecule has 0 saturated heterocycles. The first-order valence-electron chi connectivity index (χ1n) is 6.31. The van der Waals surface area contributed by atoms with Gasteiger partial charge in [-0.25, -0.2) is 4.39 Å². The molecule has 1 aromatic carbocycles. The molecule has 0 heterocycles. The van der Waals surface area contributed by atoms with Crippen molar-refractivity contribution in [2.24, 2.45) is 0 Å². The lowest BCUT2D eigenvalue weighted by atomic mass is 9.91. The van der Waals surface area contributed by atoms with Crippen LogP contribution in [0.2, 0.25) is 0 Å². The zero-order chi connectivity index (χ0) is 13.1. The minimum absolute atomic E-state index is 0.0590. The fourth-order valence-corrected chi connectivity index (χ4v) is 2.28. The lowest BCUT2D eigenvalue weighted by Gasteiger charge is -2.37. The summed E-state index contributed by atoms with van der Waals surface area (Å²) in [5, 5.41) is 9.04. The molecule has 4 heteroatoms. The Hall–Kier alpha value is -1.42. The van der Waals surface area contributed by atoms with Crippen molar-refractivity contribution in [3.05, 3.63) is 35.1 Å². The maximum absolute atomic E-state index is 13.3. The standard InChI is InChI=1S/C14H18FNO2/c1-10-7-11(9-12(15)8-10)14(18)16(5-6-17)13-3-2-4-13/h7-9,13,17H,2-6H2,1H3. The molecule has 1 amide bonds. The number of rotatable bonds is 4. The Bertz CT molecular complexity index is 423. The highest BCUT2D eigenvalue weighted by molar-refractivity contribution is 5.94. The monoisotopic (exact) mass is 251 g/mol. The maximum atomic E-state index is 13.3.